The van der Waals surface area contributed by atoms with Crippen LogP contribution in [0.25, 0.3) is 22.3 Å². The second kappa shape index (κ2) is 19.1. The Morgan fingerprint density at radius 2 is 1.34 bits per heavy atom. The van der Waals surface area contributed by atoms with Crippen LogP contribution in [0, 0.1) is 0 Å². The zero-order valence-corrected chi connectivity index (χ0v) is 34.2. The number of aromatic hydroxyl groups is 2. The third kappa shape index (κ3) is 8.93. The van der Waals surface area contributed by atoms with Crippen LogP contribution in [0.1, 0.15) is 28.9 Å². The molecule has 3 aromatic carbocycles. The molecule has 4 aromatic rings. The fourth-order valence-electron chi connectivity index (χ4n) is 7.67. The lowest BCUT2D eigenvalue weighted by molar-refractivity contribution is -0.342. The van der Waals surface area contributed by atoms with Gasteiger partial charge in [0.1, 0.15) is 114 Å². The molecule has 348 valence electrons. The molecule has 3 saturated heterocycles. The topological polar surface area (TPSA) is 344 Å². The van der Waals surface area contributed by atoms with Gasteiger partial charge in [-0.15, -0.1) is 0 Å². The number of fused-ring (bicyclic) bond motifs is 1. The molecule has 3 aliphatic heterocycles. The fourth-order valence-corrected chi connectivity index (χ4v) is 7.67. The van der Waals surface area contributed by atoms with E-state index in [1.807, 2.05) is 0 Å². The largest absolute Gasteiger partial charge is 0.508 e. The Kier molecular flexibility index (Phi) is 14.0. The van der Waals surface area contributed by atoms with E-state index in [9.17, 15) is 65.8 Å². The summed E-state index contributed by atoms with van der Waals surface area (Å²) >= 11 is 0. The first kappa shape index (κ1) is 46.8. The van der Waals surface area contributed by atoms with Gasteiger partial charge in [-0.25, -0.2) is 4.79 Å². The number of aliphatic hydroxyl groups excluding tert-OH is 9. The minimum absolute atomic E-state index is 0.0255. The van der Waals surface area contributed by atoms with Crippen molar-refractivity contribution in [2.24, 2.45) is 0 Å². The molecule has 0 amide bonds. The van der Waals surface area contributed by atoms with Crippen molar-refractivity contribution < 1.29 is 103 Å². The highest BCUT2D eigenvalue weighted by Gasteiger charge is 2.52. The van der Waals surface area contributed by atoms with Crippen LogP contribution in [-0.4, -0.2) is 175 Å². The maximum Gasteiger partial charge on any atom is 0.338 e. The molecule has 0 aliphatic carbocycles. The number of phenols is 2. The van der Waals surface area contributed by atoms with Gasteiger partial charge in [0.05, 0.1) is 38.1 Å². The van der Waals surface area contributed by atoms with Gasteiger partial charge in [-0.1, -0.05) is 0 Å². The van der Waals surface area contributed by atoms with Crippen LogP contribution in [-0.2, 0) is 23.7 Å². The van der Waals surface area contributed by atoms with Gasteiger partial charge in [-0.3, -0.25) is 4.79 Å². The van der Waals surface area contributed by atoms with E-state index in [4.69, 9.17) is 42.3 Å². The highest BCUT2D eigenvalue weighted by molar-refractivity contribution is 5.90. The number of hydrogen-bond donors (Lipinski definition) is 11. The Hall–Kier alpha value is -5.18. The molecule has 64 heavy (non-hydrogen) atoms. The summed E-state index contributed by atoms with van der Waals surface area (Å²) < 4.78 is 51.0. The Bertz CT molecular complexity index is 2340. The van der Waals surface area contributed by atoms with Crippen LogP contribution in [0.15, 0.2) is 63.8 Å². The number of benzene rings is 3. The van der Waals surface area contributed by atoms with Gasteiger partial charge in [0, 0.05) is 17.7 Å². The first-order valence-corrected chi connectivity index (χ1v) is 19.8. The molecule has 4 heterocycles. The Morgan fingerprint density at radius 1 is 0.688 bits per heavy atom. The maximum atomic E-state index is 13.5. The summed E-state index contributed by atoms with van der Waals surface area (Å²) in [4.78, 5) is 26.8. The molecule has 0 bridgehead atoms. The van der Waals surface area contributed by atoms with Crippen LogP contribution in [0.3, 0.4) is 0 Å². The van der Waals surface area contributed by atoms with Crippen LogP contribution >= 0.6 is 0 Å². The molecule has 7 rings (SSSR count). The molecule has 22 heteroatoms. The number of hydrogen-bond acceptors (Lipinski definition) is 22. The van der Waals surface area contributed by atoms with Gasteiger partial charge in [0.2, 0.25) is 6.29 Å². The molecule has 11 N–H and O–H groups in total. The number of methoxy groups -OCH3 is 2. The van der Waals surface area contributed by atoms with Crippen molar-refractivity contribution in [3.05, 3.63) is 75.9 Å². The summed E-state index contributed by atoms with van der Waals surface area (Å²) in [7, 11) is 2.45. The van der Waals surface area contributed by atoms with E-state index in [0.29, 0.717) is 5.56 Å². The zero-order chi connectivity index (χ0) is 46.3. The molecular formula is C42H48O22. The molecule has 1 aromatic heterocycles. The Morgan fingerprint density at radius 3 is 2.02 bits per heavy atom. The average Bonchev–Trinajstić information content (AvgIpc) is 3.28. The quantitative estimate of drug-likeness (QED) is 0.0706. The number of rotatable bonds is 12. The lowest BCUT2D eigenvalue weighted by atomic mass is 9.89. The first-order valence-electron chi connectivity index (χ1n) is 19.8. The summed E-state index contributed by atoms with van der Waals surface area (Å²) in [6, 6.07) is 11.8. The van der Waals surface area contributed by atoms with E-state index >= 15 is 0 Å². The molecular weight excluding hydrogens is 856 g/mol. The molecule has 0 spiro atoms. The fraction of sp³-hybridized carbons (Fsp3) is 0.476. The van der Waals surface area contributed by atoms with E-state index in [-0.39, 0.29) is 50.9 Å². The number of aliphatic hydroxyl groups is 9. The van der Waals surface area contributed by atoms with E-state index in [1.54, 1.807) is 0 Å². The van der Waals surface area contributed by atoms with E-state index in [2.05, 4.69) is 0 Å². The minimum atomic E-state index is -2.06. The van der Waals surface area contributed by atoms with Crippen LogP contribution in [0.2, 0.25) is 0 Å². The maximum absolute atomic E-state index is 13.5. The molecule has 15 atom stereocenters. The lowest BCUT2D eigenvalue weighted by Gasteiger charge is -2.46. The summed E-state index contributed by atoms with van der Waals surface area (Å²) in [5.74, 6) is -2.00. The normalized spacial score (nSPS) is 33.1. The van der Waals surface area contributed by atoms with Gasteiger partial charge in [-0.05, 0) is 49.4 Å². The van der Waals surface area contributed by atoms with Gasteiger partial charge in [-0.2, -0.15) is 0 Å². The molecule has 0 radical (unpaired) electrons. The third-order valence-electron chi connectivity index (χ3n) is 11.3. The predicted molar refractivity (Wildman–Crippen MR) is 212 cm³/mol. The van der Waals surface area contributed by atoms with E-state index in [0.717, 1.165) is 6.07 Å². The van der Waals surface area contributed by atoms with Crippen molar-refractivity contribution in [3.63, 3.8) is 0 Å². The molecule has 22 nitrogen and oxygen atoms in total. The monoisotopic (exact) mass is 904 g/mol. The van der Waals surface area contributed by atoms with Crippen LogP contribution in [0.4, 0.5) is 0 Å². The smallest absolute Gasteiger partial charge is 0.338 e. The second-order valence-electron chi connectivity index (χ2n) is 15.4. The SMILES string of the molecule is COc1cc(C(=O)OC[C@H]2O[C@@H](O[C@@H]3[C@@H](O)[C@H](O)[C@@H](CO)O[C@H]3c3c(OC)cc4oc(-c5ccc(O)cc5)cc(=O)c4c3O)[C@H](O)[C@@H](O)[C@@H]2O)ccc1O[C@@H]1O[C@@H](C)[C@H](O)[C@@H](O)[C@H]1O. The molecule has 3 aliphatic rings. The van der Waals surface area contributed by atoms with E-state index < -0.39 is 122 Å². The van der Waals surface area contributed by atoms with Gasteiger partial charge < -0.3 is 98.5 Å². The standard InChI is InChI=1S/C42H48O22/c1-15-29(46)33(50)36(53)41(59-15)62-20-9-6-17(10-22(20)56-2)40(55)58-14-26-31(48)34(51)37(54)42(63-26)64-39-35(52)30(47)25(13-43)61-38(39)28-23(57-3)12-24-27(32(28)49)19(45)11-21(60-24)16-4-7-18(44)8-5-16/h4-12,15,25-26,29-31,33-39,41-44,46-54H,13-14H2,1-3H3/t15-,25+,26+,29-,30+,31+,33+,34-,35-,36+,37+,38-,39+,41-,42-/m0/s1. The van der Waals surface area contributed by atoms with Gasteiger partial charge in [0.25, 0.3) is 0 Å². The van der Waals surface area contributed by atoms with Crippen LogP contribution in [0.5, 0.6) is 28.7 Å². The van der Waals surface area contributed by atoms with E-state index in [1.165, 1.54) is 69.7 Å². The highest BCUT2D eigenvalue weighted by Crippen LogP contribution is 2.47. The second-order valence-corrected chi connectivity index (χ2v) is 15.4. The number of carbonyl (C=O) groups is 1. The molecule has 0 unspecified atom stereocenters. The summed E-state index contributed by atoms with van der Waals surface area (Å²) in [6.45, 7) is -0.164. The highest BCUT2D eigenvalue weighted by atomic mass is 16.7. The van der Waals surface area contributed by atoms with Crippen molar-refractivity contribution in [1.29, 1.82) is 0 Å². The average molecular weight is 905 g/mol. The number of ether oxygens (including phenoxy) is 8. The summed E-state index contributed by atoms with van der Waals surface area (Å²) in [5, 5.41) is 117. The first-order chi connectivity index (χ1) is 30.5. The molecule has 3 fully saturated rings. The lowest BCUT2D eigenvalue weighted by Crippen LogP contribution is -2.63. The Balaban J connectivity index is 1.12. The van der Waals surface area contributed by atoms with Crippen molar-refractivity contribution in [2.75, 3.05) is 27.4 Å². The zero-order valence-electron chi connectivity index (χ0n) is 34.2. The van der Waals surface area contributed by atoms with Crippen molar-refractivity contribution in [2.45, 2.75) is 98.9 Å². The van der Waals surface area contributed by atoms with Gasteiger partial charge in [0.15, 0.2) is 23.2 Å². The number of esters is 1. The van der Waals surface area contributed by atoms with Gasteiger partial charge >= 0.3 is 5.97 Å². The van der Waals surface area contributed by atoms with Crippen molar-refractivity contribution >= 4 is 16.9 Å². The number of phenolic OH excluding ortho intramolecular Hbond substituents is 2. The summed E-state index contributed by atoms with van der Waals surface area (Å²) in [6.07, 6.45) is -25.4. The minimum Gasteiger partial charge on any atom is -0.508 e. The van der Waals surface area contributed by atoms with Crippen molar-refractivity contribution in [3.8, 4) is 40.1 Å². The molecule has 0 saturated carbocycles. The van der Waals surface area contributed by atoms with Crippen molar-refractivity contribution in [1.82, 2.24) is 0 Å². The third-order valence-corrected chi connectivity index (χ3v) is 11.3. The predicted octanol–water partition coefficient (Wildman–Crippen LogP) is -1.70. The van der Waals surface area contributed by atoms with Crippen LogP contribution < -0.4 is 19.6 Å². The number of carbonyl (C=O) groups excluding carboxylic acids is 1. The Labute approximate surface area is 362 Å². The summed E-state index contributed by atoms with van der Waals surface area (Å²) in [5.41, 5.74) is -0.941.